The Morgan fingerprint density at radius 1 is 0.500 bits per heavy atom. The molecule has 11 rings (SSSR count). The number of carbonyl (C=O) groups excluding carboxylic acids is 4. The molecule has 6 aliphatic rings. The SMILES string of the molecule is O=C1[C@@H]2[C@H](C(=O)N1c1ccc3nc(-c4ccc5nc(-c6ccc(N7C(=O)[C@@H]8[C@H](C7=O)[C@H]7C=C[C@H]8C7)cc6)[nH]c5c4)[nH]c3c1)[C@@H]1C=C[C@H]2C1. The van der Waals surface area contributed by atoms with Gasteiger partial charge < -0.3 is 9.97 Å². The van der Waals surface area contributed by atoms with E-state index >= 15 is 0 Å². The number of aromatic nitrogens is 4. The number of H-pyrrole nitrogens is 2. The predicted octanol–water partition coefficient (Wildman–Crippen LogP) is 5.40. The summed E-state index contributed by atoms with van der Waals surface area (Å²) in [5, 5.41) is 0. The molecule has 10 nitrogen and oxygen atoms in total. The van der Waals surface area contributed by atoms with Crippen LogP contribution in [-0.4, -0.2) is 43.6 Å². The Kier molecular flexibility index (Phi) is 4.97. The minimum atomic E-state index is -0.240. The number of allylic oxidation sites excluding steroid dienone is 4. The highest BCUT2D eigenvalue weighted by atomic mass is 16.2. The van der Waals surface area contributed by atoms with Gasteiger partial charge in [-0.3, -0.25) is 24.1 Å². The van der Waals surface area contributed by atoms with E-state index in [9.17, 15) is 19.2 Å². The topological polar surface area (TPSA) is 132 Å². The highest BCUT2D eigenvalue weighted by Gasteiger charge is 2.60. The number of imide groups is 2. The summed E-state index contributed by atoms with van der Waals surface area (Å²) in [5.41, 5.74) is 5.97. The zero-order valence-electron chi connectivity index (χ0n) is 25.5. The highest BCUT2D eigenvalue weighted by molar-refractivity contribution is 6.24. The molecule has 2 aliphatic heterocycles. The number of aromatic amines is 2. The first kappa shape index (κ1) is 26.4. The van der Waals surface area contributed by atoms with E-state index in [0.29, 0.717) is 23.0 Å². The maximum atomic E-state index is 13.3. The number of anilines is 2. The van der Waals surface area contributed by atoms with Crippen molar-refractivity contribution in [1.82, 2.24) is 19.9 Å². The average Bonchev–Trinajstić information content (AvgIpc) is 3.95. The van der Waals surface area contributed by atoms with Gasteiger partial charge in [0.1, 0.15) is 11.6 Å². The third kappa shape index (κ3) is 3.36. The highest BCUT2D eigenvalue weighted by Crippen LogP contribution is 2.54. The molecule has 2 saturated heterocycles. The smallest absolute Gasteiger partial charge is 0.238 e. The summed E-state index contributed by atoms with van der Waals surface area (Å²) in [4.78, 5) is 72.3. The fraction of sp³-hybridized carbons (Fsp3) is 0.263. The molecule has 4 heterocycles. The Morgan fingerprint density at radius 2 is 0.917 bits per heavy atom. The second-order valence-corrected chi connectivity index (χ2v) is 14.2. The van der Waals surface area contributed by atoms with Gasteiger partial charge in [-0.1, -0.05) is 24.3 Å². The predicted molar refractivity (Wildman–Crippen MR) is 177 cm³/mol. The standard InChI is InChI=1S/C38H28N6O4/c45-35-29-18-1-2-19(13-18)30(29)36(46)43(35)23-8-5-17(6-9-23)33-39-25-11-7-22(15-27(25)41-33)34-40-26-12-10-24(16-28(26)42-34)44-37(47)31-20-3-4-21(14-20)32(31)38(44)48/h1-12,15-16,18-21,29-32H,13-14H2,(H,39,41)(H,40,42)/t18-,19-,20-,21+,29-,30+,31-,32+/m0/s1. The molecule has 48 heavy (non-hydrogen) atoms. The number of amides is 4. The Hall–Kier alpha value is -5.64. The summed E-state index contributed by atoms with van der Waals surface area (Å²) in [6, 6.07) is 18.8. The van der Waals surface area contributed by atoms with E-state index in [2.05, 4.69) is 34.3 Å². The Balaban J connectivity index is 0.860. The van der Waals surface area contributed by atoms with Gasteiger partial charge in [0.2, 0.25) is 23.6 Å². The lowest BCUT2D eigenvalue weighted by Gasteiger charge is -2.17. The molecule has 5 aromatic rings. The van der Waals surface area contributed by atoms with Gasteiger partial charge in [0.15, 0.2) is 0 Å². The average molecular weight is 633 g/mol. The minimum absolute atomic E-state index is 0.0859. The third-order valence-corrected chi connectivity index (χ3v) is 11.8. The van der Waals surface area contributed by atoms with Crippen molar-refractivity contribution < 1.29 is 19.2 Å². The first-order chi connectivity index (χ1) is 23.4. The lowest BCUT2D eigenvalue weighted by Crippen LogP contribution is -2.32. The van der Waals surface area contributed by atoms with Crippen LogP contribution < -0.4 is 9.80 Å². The van der Waals surface area contributed by atoms with E-state index in [1.165, 1.54) is 9.80 Å². The van der Waals surface area contributed by atoms with Crippen molar-refractivity contribution in [3.8, 4) is 22.8 Å². The normalized spacial score (nSPS) is 31.1. The van der Waals surface area contributed by atoms with Gasteiger partial charge in [-0.15, -0.1) is 0 Å². The zero-order chi connectivity index (χ0) is 32.0. The monoisotopic (exact) mass is 632 g/mol. The first-order valence-corrected chi connectivity index (χ1v) is 16.6. The second-order valence-electron chi connectivity index (χ2n) is 14.2. The quantitative estimate of drug-likeness (QED) is 0.202. The molecule has 2 saturated carbocycles. The zero-order valence-corrected chi connectivity index (χ0v) is 25.5. The fourth-order valence-electron chi connectivity index (χ4n) is 9.65. The number of hydrogen-bond acceptors (Lipinski definition) is 6. The molecular formula is C38H28N6O4. The van der Waals surface area contributed by atoms with E-state index in [-0.39, 0.29) is 71.0 Å². The number of fused-ring (bicyclic) bond motifs is 12. The largest absolute Gasteiger partial charge is 0.338 e. The van der Waals surface area contributed by atoms with Crippen LogP contribution in [0.1, 0.15) is 12.8 Å². The molecule has 8 atom stereocenters. The van der Waals surface area contributed by atoms with E-state index in [1.54, 1.807) is 6.07 Å². The molecule has 0 spiro atoms. The molecule has 3 aromatic carbocycles. The van der Waals surface area contributed by atoms with Gasteiger partial charge in [0.25, 0.3) is 0 Å². The Morgan fingerprint density at radius 3 is 1.46 bits per heavy atom. The van der Waals surface area contributed by atoms with Crippen molar-refractivity contribution in [2.45, 2.75) is 12.8 Å². The molecule has 2 aromatic heterocycles. The summed E-state index contributed by atoms with van der Waals surface area (Å²) in [6.07, 6.45) is 10.2. The van der Waals surface area contributed by atoms with Gasteiger partial charge >= 0.3 is 0 Å². The minimum Gasteiger partial charge on any atom is -0.338 e. The number of carbonyl (C=O) groups is 4. The van der Waals surface area contributed by atoms with Crippen molar-refractivity contribution in [3.63, 3.8) is 0 Å². The number of benzene rings is 3. The lowest BCUT2D eigenvalue weighted by atomic mass is 9.85. The number of nitrogens with one attached hydrogen (secondary N) is 2. The van der Waals surface area contributed by atoms with Crippen LogP contribution in [0.25, 0.3) is 44.8 Å². The number of nitrogens with zero attached hydrogens (tertiary/aromatic N) is 4. The second kappa shape index (κ2) is 9.03. The van der Waals surface area contributed by atoms with Crippen LogP contribution in [-0.2, 0) is 19.2 Å². The van der Waals surface area contributed by atoms with Gasteiger partial charge in [0.05, 0.1) is 57.1 Å². The van der Waals surface area contributed by atoms with E-state index in [4.69, 9.17) is 9.97 Å². The Labute approximate surface area is 273 Å². The van der Waals surface area contributed by atoms with Crippen molar-refractivity contribution in [1.29, 1.82) is 0 Å². The van der Waals surface area contributed by atoms with Crippen LogP contribution in [0.4, 0.5) is 11.4 Å². The number of hydrogen-bond donors (Lipinski definition) is 2. The summed E-state index contributed by atoms with van der Waals surface area (Å²) in [5.74, 6) is 0.732. The molecular weight excluding hydrogens is 604 g/mol. The van der Waals surface area contributed by atoms with Gasteiger partial charge in [-0.25, -0.2) is 14.9 Å². The van der Waals surface area contributed by atoms with Crippen LogP contribution >= 0.6 is 0 Å². The third-order valence-electron chi connectivity index (χ3n) is 11.8. The summed E-state index contributed by atoms with van der Waals surface area (Å²) in [6.45, 7) is 0. The summed E-state index contributed by atoms with van der Waals surface area (Å²) in [7, 11) is 0. The lowest BCUT2D eigenvalue weighted by molar-refractivity contribution is -0.124. The maximum absolute atomic E-state index is 13.3. The van der Waals surface area contributed by atoms with Gasteiger partial charge in [0, 0.05) is 11.1 Å². The summed E-state index contributed by atoms with van der Waals surface area (Å²) < 4.78 is 0. The molecule has 4 amide bonds. The molecule has 4 bridgehead atoms. The molecule has 2 N–H and O–H groups in total. The van der Waals surface area contributed by atoms with Crippen LogP contribution in [0.15, 0.2) is 85.0 Å². The van der Waals surface area contributed by atoms with Crippen LogP contribution in [0.5, 0.6) is 0 Å². The number of rotatable bonds is 4. The van der Waals surface area contributed by atoms with Crippen LogP contribution in [0.3, 0.4) is 0 Å². The summed E-state index contributed by atoms with van der Waals surface area (Å²) >= 11 is 0. The maximum Gasteiger partial charge on any atom is 0.238 e. The van der Waals surface area contributed by atoms with Crippen molar-refractivity contribution in [3.05, 3.63) is 85.0 Å². The molecule has 234 valence electrons. The van der Waals surface area contributed by atoms with E-state index < -0.39 is 0 Å². The number of imidazole rings is 2. The van der Waals surface area contributed by atoms with Crippen molar-refractivity contribution in [2.24, 2.45) is 47.3 Å². The molecule has 4 fully saturated rings. The van der Waals surface area contributed by atoms with Crippen LogP contribution in [0, 0.1) is 47.3 Å². The van der Waals surface area contributed by atoms with Gasteiger partial charge in [-0.2, -0.15) is 0 Å². The molecule has 0 radical (unpaired) electrons. The Bertz CT molecular complexity index is 2310. The van der Waals surface area contributed by atoms with E-state index in [1.807, 2.05) is 54.6 Å². The molecule has 0 unspecified atom stereocenters. The molecule has 10 heteroatoms. The molecule has 4 aliphatic carbocycles. The van der Waals surface area contributed by atoms with Crippen molar-refractivity contribution in [2.75, 3.05) is 9.80 Å². The van der Waals surface area contributed by atoms with Crippen LogP contribution in [0.2, 0.25) is 0 Å². The van der Waals surface area contributed by atoms with Crippen molar-refractivity contribution >= 4 is 57.1 Å². The fourth-order valence-corrected chi connectivity index (χ4v) is 9.65. The van der Waals surface area contributed by atoms with E-state index in [0.717, 1.165) is 46.0 Å². The van der Waals surface area contributed by atoms with Gasteiger partial charge in [-0.05, 0) is 97.2 Å². The first-order valence-electron chi connectivity index (χ1n) is 16.6.